The zero-order valence-corrected chi connectivity index (χ0v) is 16.5. The first-order chi connectivity index (χ1) is 14.3. The molecule has 2 aromatic rings. The fourth-order valence-electron chi connectivity index (χ4n) is 3.12. The average molecular weight is 424 g/mol. The maximum absolute atomic E-state index is 12.8. The summed E-state index contributed by atoms with van der Waals surface area (Å²) in [5, 5.41) is 0. The Kier molecular flexibility index (Phi) is 7.28. The molecular weight excluding hydrogens is 401 g/mol. The Morgan fingerprint density at radius 1 is 1.27 bits per heavy atom. The number of rotatable bonds is 7. The maximum atomic E-state index is 12.8. The van der Waals surface area contributed by atoms with Gasteiger partial charge in [0.05, 0.1) is 45.0 Å². The minimum absolute atomic E-state index is 0.0369. The normalized spacial score (nSPS) is 17.1. The highest BCUT2D eigenvalue weighted by molar-refractivity contribution is 5.78. The van der Waals surface area contributed by atoms with Crippen molar-refractivity contribution in [2.24, 2.45) is 0 Å². The van der Waals surface area contributed by atoms with E-state index in [9.17, 15) is 18.0 Å². The van der Waals surface area contributed by atoms with Gasteiger partial charge in [-0.1, -0.05) is 18.2 Å². The molecule has 0 saturated carbocycles. The highest BCUT2D eigenvalue weighted by Crippen LogP contribution is 2.29. The Bertz CT molecular complexity index is 843. The smallest absolute Gasteiger partial charge is 0.416 e. The van der Waals surface area contributed by atoms with Gasteiger partial charge >= 0.3 is 6.18 Å². The SMILES string of the molecule is COc1ccc(CC(=O)N2CCOC(COCc3cccc(C(F)(F)F)c3)C2)cn1. The lowest BCUT2D eigenvalue weighted by atomic mass is 10.1. The number of methoxy groups -OCH3 is 1. The Balaban J connectivity index is 1.47. The molecule has 1 saturated heterocycles. The second-order valence-electron chi connectivity index (χ2n) is 6.93. The lowest BCUT2D eigenvalue weighted by Crippen LogP contribution is -2.47. The number of ether oxygens (including phenoxy) is 3. The van der Waals surface area contributed by atoms with Crippen molar-refractivity contribution < 1.29 is 32.2 Å². The number of hydrogen-bond donors (Lipinski definition) is 0. The first-order valence-electron chi connectivity index (χ1n) is 9.47. The van der Waals surface area contributed by atoms with Crippen molar-refractivity contribution in [3.05, 3.63) is 59.3 Å². The van der Waals surface area contributed by atoms with E-state index in [0.717, 1.165) is 17.7 Å². The first kappa shape index (κ1) is 22.0. The monoisotopic (exact) mass is 424 g/mol. The van der Waals surface area contributed by atoms with Gasteiger partial charge in [0.25, 0.3) is 0 Å². The molecule has 1 amide bonds. The van der Waals surface area contributed by atoms with Crippen LogP contribution in [0.2, 0.25) is 0 Å². The van der Waals surface area contributed by atoms with Crippen molar-refractivity contribution in [3.8, 4) is 5.88 Å². The van der Waals surface area contributed by atoms with Crippen LogP contribution in [0.5, 0.6) is 5.88 Å². The van der Waals surface area contributed by atoms with Gasteiger partial charge in [-0.2, -0.15) is 13.2 Å². The molecular formula is C21H23F3N2O4. The number of pyridine rings is 1. The van der Waals surface area contributed by atoms with E-state index in [1.807, 2.05) is 0 Å². The molecule has 1 aromatic heterocycles. The average Bonchev–Trinajstić information content (AvgIpc) is 2.74. The van der Waals surface area contributed by atoms with Crippen molar-refractivity contribution in [2.75, 3.05) is 33.4 Å². The minimum Gasteiger partial charge on any atom is -0.481 e. The number of hydrogen-bond acceptors (Lipinski definition) is 5. The van der Waals surface area contributed by atoms with Crippen LogP contribution in [0.25, 0.3) is 0 Å². The zero-order valence-electron chi connectivity index (χ0n) is 16.5. The van der Waals surface area contributed by atoms with Crippen LogP contribution >= 0.6 is 0 Å². The van der Waals surface area contributed by atoms with Crippen molar-refractivity contribution in [1.82, 2.24) is 9.88 Å². The molecule has 0 aliphatic carbocycles. The van der Waals surface area contributed by atoms with E-state index in [0.29, 0.717) is 31.1 Å². The molecule has 0 bridgehead atoms. The molecule has 1 atom stereocenters. The Hall–Kier alpha value is -2.65. The quantitative estimate of drug-likeness (QED) is 0.684. The molecule has 1 unspecified atom stereocenters. The van der Waals surface area contributed by atoms with Crippen LogP contribution in [0, 0.1) is 0 Å². The van der Waals surface area contributed by atoms with E-state index >= 15 is 0 Å². The van der Waals surface area contributed by atoms with E-state index in [1.54, 1.807) is 29.3 Å². The van der Waals surface area contributed by atoms with Crippen LogP contribution in [-0.4, -0.2) is 55.3 Å². The Morgan fingerprint density at radius 2 is 2.10 bits per heavy atom. The molecule has 0 radical (unpaired) electrons. The van der Waals surface area contributed by atoms with Crippen molar-refractivity contribution in [3.63, 3.8) is 0 Å². The predicted molar refractivity (Wildman–Crippen MR) is 102 cm³/mol. The van der Waals surface area contributed by atoms with Crippen molar-refractivity contribution in [2.45, 2.75) is 25.3 Å². The van der Waals surface area contributed by atoms with Crippen LogP contribution in [0.4, 0.5) is 13.2 Å². The Labute approximate surface area is 172 Å². The molecule has 1 fully saturated rings. The van der Waals surface area contributed by atoms with E-state index in [1.165, 1.54) is 13.2 Å². The van der Waals surface area contributed by atoms with Crippen LogP contribution in [-0.2, 0) is 33.5 Å². The summed E-state index contributed by atoms with van der Waals surface area (Å²) < 4.78 is 54.5. The number of carbonyl (C=O) groups is 1. The van der Waals surface area contributed by atoms with E-state index < -0.39 is 11.7 Å². The van der Waals surface area contributed by atoms with Gasteiger partial charge in [0.2, 0.25) is 11.8 Å². The fraction of sp³-hybridized carbons (Fsp3) is 0.429. The van der Waals surface area contributed by atoms with Crippen LogP contribution in [0.1, 0.15) is 16.7 Å². The first-order valence-corrected chi connectivity index (χ1v) is 9.47. The van der Waals surface area contributed by atoms with Crippen LogP contribution in [0.15, 0.2) is 42.6 Å². The highest BCUT2D eigenvalue weighted by Gasteiger charge is 2.30. The summed E-state index contributed by atoms with van der Waals surface area (Å²) in [7, 11) is 1.52. The van der Waals surface area contributed by atoms with Crippen molar-refractivity contribution >= 4 is 5.91 Å². The number of alkyl halides is 3. The van der Waals surface area contributed by atoms with Crippen LogP contribution in [0.3, 0.4) is 0 Å². The molecule has 1 aliphatic rings. The summed E-state index contributed by atoms with van der Waals surface area (Å²) >= 11 is 0. The zero-order chi connectivity index (χ0) is 21.6. The van der Waals surface area contributed by atoms with Gasteiger partial charge < -0.3 is 19.1 Å². The lowest BCUT2D eigenvalue weighted by Gasteiger charge is -2.33. The predicted octanol–water partition coefficient (Wildman–Crippen LogP) is 3.10. The lowest BCUT2D eigenvalue weighted by molar-refractivity contribution is -0.140. The van der Waals surface area contributed by atoms with E-state index in [2.05, 4.69) is 4.98 Å². The van der Waals surface area contributed by atoms with Gasteiger partial charge in [-0.05, 0) is 23.3 Å². The third-order valence-electron chi connectivity index (χ3n) is 4.68. The summed E-state index contributed by atoms with van der Waals surface area (Å²) in [4.78, 5) is 18.4. The molecule has 9 heteroatoms. The summed E-state index contributed by atoms with van der Waals surface area (Å²) in [6, 6.07) is 8.52. The number of nitrogens with zero attached hydrogens (tertiary/aromatic N) is 2. The summed E-state index contributed by atoms with van der Waals surface area (Å²) in [6.07, 6.45) is -2.90. The molecule has 0 N–H and O–H groups in total. The van der Waals surface area contributed by atoms with Gasteiger partial charge in [-0.3, -0.25) is 4.79 Å². The second-order valence-corrected chi connectivity index (χ2v) is 6.93. The molecule has 0 spiro atoms. The number of halogens is 3. The molecule has 162 valence electrons. The van der Waals surface area contributed by atoms with Gasteiger partial charge in [0.1, 0.15) is 0 Å². The van der Waals surface area contributed by atoms with Crippen LogP contribution < -0.4 is 4.74 Å². The third-order valence-corrected chi connectivity index (χ3v) is 4.68. The topological polar surface area (TPSA) is 60.9 Å². The number of carbonyl (C=O) groups excluding carboxylic acids is 1. The standard InChI is InChI=1S/C21H23F3N2O4/c1-28-19-6-5-15(11-25-19)10-20(27)26-7-8-30-18(12-26)14-29-13-16-3-2-4-17(9-16)21(22,23)24/h2-6,9,11,18H,7-8,10,12-14H2,1H3. The van der Waals surface area contributed by atoms with Gasteiger partial charge in [-0.25, -0.2) is 4.98 Å². The number of amides is 1. The second kappa shape index (κ2) is 9.90. The highest BCUT2D eigenvalue weighted by atomic mass is 19.4. The van der Waals surface area contributed by atoms with Gasteiger partial charge in [0, 0.05) is 25.4 Å². The molecule has 30 heavy (non-hydrogen) atoms. The molecule has 1 aromatic carbocycles. The number of benzene rings is 1. The third kappa shape index (κ3) is 6.17. The largest absolute Gasteiger partial charge is 0.481 e. The summed E-state index contributed by atoms with van der Waals surface area (Å²) in [5.41, 5.74) is 0.507. The van der Waals surface area contributed by atoms with E-state index in [4.69, 9.17) is 14.2 Å². The van der Waals surface area contributed by atoms with Gasteiger partial charge in [0.15, 0.2) is 0 Å². The summed E-state index contributed by atoms with van der Waals surface area (Å²) in [6.45, 7) is 1.45. The molecule has 2 heterocycles. The number of morpholine rings is 1. The summed E-state index contributed by atoms with van der Waals surface area (Å²) in [5.74, 6) is 0.434. The van der Waals surface area contributed by atoms with Gasteiger partial charge in [-0.15, -0.1) is 0 Å². The molecule has 6 nitrogen and oxygen atoms in total. The Morgan fingerprint density at radius 3 is 2.80 bits per heavy atom. The minimum atomic E-state index is -4.39. The van der Waals surface area contributed by atoms with E-state index in [-0.39, 0.29) is 31.6 Å². The fourth-order valence-corrected chi connectivity index (χ4v) is 3.12. The molecule has 1 aliphatic heterocycles. The number of aromatic nitrogens is 1. The maximum Gasteiger partial charge on any atom is 0.416 e. The molecule has 3 rings (SSSR count). The van der Waals surface area contributed by atoms with Crippen molar-refractivity contribution in [1.29, 1.82) is 0 Å².